The number of hydrogen-bond acceptors (Lipinski definition) is 2. The molecule has 0 aliphatic carbocycles. The van der Waals surface area contributed by atoms with Gasteiger partial charge in [-0.2, -0.15) is 0 Å². The molecule has 1 rings (SSSR count). The summed E-state index contributed by atoms with van der Waals surface area (Å²) in [7, 11) is 1.74. The molecule has 1 aromatic rings. The Morgan fingerprint density at radius 1 is 1.33 bits per heavy atom. The molecule has 0 fully saturated rings. The minimum Gasteiger partial charge on any atom is -0.377 e. The molecule has 0 aliphatic heterocycles. The van der Waals surface area contributed by atoms with Gasteiger partial charge in [0.05, 0.1) is 6.10 Å². The van der Waals surface area contributed by atoms with Crippen LogP contribution in [0, 0.1) is 0 Å². The number of benzene rings is 1. The van der Waals surface area contributed by atoms with E-state index in [2.05, 4.69) is 31.7 Å². The van der Waals surface area contributed by atoms with Gasteiger partial charge in [-0.3, -0.25) is 0 Å². The summed E-state index contributed by atoms with van der Waals surface area (Å²) in [6.07, 6.45) is 1.22. The van der Waals surface area contributed by atoms with E-state index in [0.29, 0.717) is 0 Å². The van der Waals surface area contributed by atoms with E-state index in [9.17, 15) is 0 Å². The van der Waals surface area contributed by atoms with E-state index >= 15 is 0 Å². The highest BCUT2D eigenvalue weighted by molar-refractivity contribution is 7.80. The van der Waals surface area contributed by atoms with Crippen molar-refractivity contribution in [3.8, 4) is 0 Å². The van der Waals surface area contributed by atoms with Gasteiger partial charge in [-0.1, -0.05) is 19.1 Å². The minimum atomic E-state index is 0.221. The van der Waals surface area contributed by atoms with Gasteiger partial charge in [0.1, 0.15) is 0 Å². The van der Waals surface area contributed by atoms with E-state index in [0.717, 1.165) is 11.3 Å². The third-order valence-corrected chi connectivity index (χ3v) is 2.22. The molecular formula is C10H14OS. The number of ether oxygens (including phenoxy) is 1. The van der Waals surface area contributed by atoms with E-state index in [-0.39, 0.29) is 6.10 Å². The van der Waals surface area contributed by atoms with E-state index < -0.39 is 0 Å². The zero-order valence-electron chi connectivity index (χ0n) is 7.45. The van der Waals surface area contributed by atoms with E-state index in [1.807, 2.05) is 12.1 Å². The summed E-state index contributed by atoms with van der Waals surface area (Å²) in [5, 5.41) is 0. The Hall–Kier alpha value is -0.470. The van der Waals surface area contributed by atoms with Crippen LogP contribution < -0.4 is 0 Å². The number of hydrogen-bond donors (Lipinski definition) is 1. The highest BCUT2D eigenvalue weighted by Crippen LogP contribution is 2.20. The summed E-state index contributed by atoms with van der Waals surface area (Å²) < 4.78 is 5.30. The number of methoxy groups -OCH3 is 1. The first kappa shape index (κ1) is 9.62. The van der Waals surface area contributed by atoms with Gasteiger partial charge in [-0.15, -0.1) is 12.6 Å². The molecule has 0 radical (unpaired) electrons. The zero-order valence-corrected chi connectivity index (χ0v) is 8.34. The SMILES string of the molecule is CCC(OC)c1ccc(S)cc1. The first-order valence-corrected chi connectivity index (χ1v) is 4.54. The molecule has 0 saturated carbocycles. The summed E-state index contributed by atoms with van der Waals surface area (Å²) in [6, 6.07) is 8.08. The van der Waals surface area contributed by atoms with Gasteiger partial charge in [0.25, 0.3) is 0 Å². The van der Waals surface area contributed by atoms with Crippen molar-refractivity contribution < 1.29 is 4.74 Å². The summed E-state index contributed by atoms with van der Waals surface area (Å²) in [4.78, 5) is 0.990. The predicted molar refractivity (Wildman–Crippen MR) is 53.7 cm³/mol. The van der Waals surface area contributed by atoms with Gasteiger partial charge in [-0.05, 0) is 24.1 Å². The smallest absolute Gasteiger partial charge is 0.0818 e. The van der Waals surface area contributed by atoms with Crippen LogP contribution in [0.3, 0.4) is 0 Å². The van der Waals surface area contributed by atoms with E-state index in [1.54, 1.807) is 7.11 Å². The Kier molecular flexibility index (Phi) is 3.63. The van der Waals surface area contributed by atoms with Crippen molar-refractivity contribution in [2.75, 3.05) is 7.11 Å². The molecule has 66 valence electrons. The third-order valence-electron chi connectivity index (χ3n) is 1.92. The number of rotatable bonds is 3. The largest absolute Gasteiger partial charge is 0.377 e. The molecule has 0 aromatic heterocycles. The average molecular weight is 182 g/mol. The Bertz CT molecular complexity index is 226. The summed E-state index contributed by atoms with van der Waals surface area (Å²) >= 11 is 4.22. The second kappa shape index (κ2) is 4.53. The fourth-order valence-corrected chi connectivity index (χ4v) is 1.38. The lowest BCUT2D eigenvalue weighted by molar-refractivity contribution is 0.1000. The molecular weight excluding hydrogens is 168 g/mol. The summed E-state index contributed by atoms with van der Waals surface area (Å²) in [5.74, 6) is 0. The van der Waals surface area contributed by atoms with Crippen LogP contribution in [-0.2, 0) is 4.74 Å². The topological polar surface area (TPSA) is 9.23 Å². The van der Waals surface area contributed by atoms with Crippen molar-refractivity contribution in [1.29, 1.82) is 0 Å². The second-order valence-electron chi connectivity index (χ2n) is 2.72. The van der Waals surface area contributed by atoms with E-state index in [1.165, 1.54) is 5.56 Å². The van der Waals surface area contributed by atoms with Crippen LogP contribution in [-0.4, -0.2) is 7.11 Å². The number of thiol groups is 1. The maximum absolute atomic E-state index is 5.30. The van der Waals surface area contributed by atoms with Crippen molar-refractivity contribution in [1.82, 2.24) is 0 Å². The normalized spacial score (nSPS) is 12.9. The Morgan fingerprint density at radius 3 is 2.33 bits per heavy atom. The van der Waals surface area contributed by atoms with Crippen molar-refractivity contribution >= 4 is 12.6 Å². The third kappa shape index (κ3) is 2.26. The standard InChI is InChI=1S/C10H14OS/c1-3-10(11-2)8-4-6-9(12)7-5-8/h4-7,10,12H,3H2,1-2H3. The predicted octanol–water partition coefficient (Wildman–Crippen LogP) is 3.07. The molecule has 2 heteroatoms. The van der Waals surface area contributed by atoms with Gasteiger partial charge >= 0.3 is 0 Å². The van der Waals surface area contributed by atoms with Crippen molar-refractivity contribution in [2.24, 2.45) is 0 Å². The average Bonchev–Trinajstić information content (AvgIpc) is 2.10. The van der Waals surface area contributed by atoms with Gasteiger partial charge in [-0.25, -0.2) is 0 Å². The fourth-order valence-electron chi connectivity index (χ4n) is 1.23. The van der Waals surface area contributed by atoms with Gasteiger partial charge in [0.15, 0.2) is 0 Å². The highest BCUT2D eigenvalue weighted by Gasteiger charge is 2.05. The highest BCUT2D eigenvalue weighted by atomic mass is 32.1. The molecule has 0 amide bonds. The van der Waals surface area contributed by atoms with Crippen LogP contribution >= 0.6 is 12.6 Å². The van der Waals surface area contributed by atoms with Crippen LogP contribution in [0.5, 0.6) is 0 Å². The first-order chi connectivity index (χ1) is 5.77. The monoisotopic (exact) mass is 182 g/mol. The summed E-state index contributed by atoms with van der Waals surface area (Å²) in [6.45, 7) is 2.11. The van der Waals surface area contributed by atoms with Gasteiger partial charge < -0.3 is 4.74 Å². The molecule has 0 N–H and O–H groups in total. The van der Waals surface area contributed by atoms with Crippen LogP contribution in [0.15, 0.2) is 29.2 Å². The molecule has 0 saturated heterocycles. The Morgan fingerprint density at radius 2 is 1.92 bits per heavy atom. The molecule has 1 unspecified atom stereocenters. The lowest BCUT2D eigenvalue weighted by atomic mass is 10.1. The molecule has 0 heterocycles. The quantitative estimate of drug-likeness (QED) is 0.707. The van der Waals surface area contributed by atoms with Gasteiger partial charge in [0, 0.05) is 12.0 Å². The van der Waals surface area contributed by atoms with Crippen LogP contribution in [0.25, 0.3) is 0 Å². The molecule has 1 nitrogen and oxygen atoms in total. The second-order valence-corrected chi connectivity index (χ2v) is 3.24. The van der Waals surface area contributed by atoms with Crippen LogP contribution in [0.2, 0.25) is 0 Å². The Balaban J connectivity index is 2.80. The minimum absolute atomic E-state index is 0.221. The molecule has 0 spiro atoms. The molecule has 12 heavy (non-hydrogen) atoms. The fraction of sp³-hybridized carbons (Fsp3) is 0.400. The molecule has 1 atom stereocenters. The van der Waals surface area contributed by atoms with Crippen LogP contribution in [0.1, 0.15) is 25.0 Å². The molecule has 1 aromatic carbocycles. The van der Waals surface area contributed by atoms with Crippen molar-refractivity contribution in [3.63, 3.8) is 0 Å². The zero-order chi connectivity index (χ0) is 8.97. The molecule has 0 bridgehead atoms. The van der Waals surface area contributed by atoms with Crippen LogP contribution in [0.4, 0.5) is 0 Å². The maximum atomic E-state index is 5.30. The summed E-state index contributed by atoms with van der Waals surface area (Å²) in [5.41, 5.74) is 1.22. The first-order valence-electron chi connectivity index (χ1n) is 4.09. The lowest BCUT2D eigenvalue weighted by Gasteiger charge is -2.12. The lowest BCUT2D eigenvalue weighted by Crippen LogP contribution is -1.98. The van der Waals surface area contributed by atoms with Gasteiger partial charge in [0.2, 0.25) is 0 Å². The van der Waals surface area contributed by atoms with Crippen molar-refractivity contribution in [2.45, 2.75) is 24.3 Å². The maximum Gasteiger partial charge on any atom is 0.0818 e. The van der Waals surface area contributed by atoms with E-state index in [4.69, 9.17) is 4.74 Å². The molecule has 0 aliphatic rings. The van der Waals surface area contributed by atoms with Crippen molar-refractivity contribution in [3.05, 3.63) is 29.8 Å². The Labute approximate surface area is 79.2 Å².